The first-order valence-corrected chi connectivity index (χ1v) is 8.91. The van der Waals surface area contributed by atoms with Crippen molar-refractivity contribution < 1.29 is 9.59 Å². The number of amides is 2. The highest BCUT2D eigenvalue weighted by molar-refractivity contribution is 5.93. The normalized spacial score (nSPS) is 20.0. The molecule has 2 saturated heterocycles. The Morgan fingerprint density at radius 2 is 1.62 bits per heavy atom. The van der Waals surface area contributed by atoms with Crippen LogP contribution in [-0.4, -0.2) is 82.1 Å². The first kappa shape index (κ1) is 17.0. The molecule has 1 aromatic rings. The number of carbonyl (C=O) groups is 2. The number of nitrogens with zero attached hydrogens (tertiary/aromatic N) is 5. The number of carbonyl (C=O) groups excluding carboxylic acids is 2. The fraction of sp³-hybridized carbons (Fsp3) is 0.706. The Morgan fingerprint density at radius 3 is 2.21 bits per heavy atom. The summed E-state index contributed by atoms with van der Waals surface area (Å²) in [7, 11) is 1.81. The lowest BCUT2D eigenvalue weighted by molar-refractivity contribution is -0.132. The van der Waals surface area contributed by atoms with Crippen LogP contribution in [0, 0.1) is 0 Å². The van der Waals surface area contributed by atoms with E-state index in [9.17, 15) is 9.59 Å². The third-order valence-corrected chi connectivity index (χ3v) is 4.93. The predicted molar refractivity (Wildman–Crippen MR) is 90.6 cm³/mol. The summed E-state index contributed by atoms with van der Waals surface area (Å²) in [6.07, 6.45) is 8.07. The zero-order valence-corrected chi connectivity index (χ0v) is 14.5. The monoisotopic (exact) mass is 333 g/mol. The molecule has 0 bridgehead atoms. The van der Waals surface area contributed by atoms with Gasteiger partial charge in [0, 0.05) is 52.5 Å². The van der Waals surface area contributed by atoms with Crippen LogP contribution in [0.25, 0.3) is 0 Å². The third kappa shape index (κ3) is 4.14. The van der Waals surface area contributed by atoms with Crippen LogP contribution in [-0.2, 0) is 11.8 Å². The van der Waals surface area contributed by atoms with Crippen LogP contribution in [0.3, 0.4) is 0 Å². The van der Waals surface area contributed by atoms with Gasteiger partial charge in [-0.15, -0.1) is 0 Å². The van der Waals surface area contributed by atoms with Gasteiger partial charge in [0.2, 0.25) is 5.91 Å². The minimum Gasteiger partial charge on any atom is -0.342 e. The summed E-state index contributed by atoms with van der Waals surface area (Å²) in [6, 6.07) is 0. The van der Waals surface area contributed by atoms with E-state index in [-0.39, 0.29) is 11.8 Å². The molecular formula is C17H27N5O2. The van der Waals surface area contributed by atoms with E-state index in [0.29, 0.717) is 25.2 Å². The van der Waals surface area contributed by atoms with Crippen LogP contribution < -0.4 is 0 Å². The zero-order valence-electron chi connectivity index (χ0n) is 14.5. The molecule has 2 fully saturated rings. The van der Waals surface area contributed by atoms with Crippen molar-refractivity contribution in [3.8, 4) is 0 Å². The maximum Gasteiger partial charge on any atom is 0.257 e. The molecule has 0 aliphatic carbocycles. The summed E-state index contributed by atoms with van der Waals surface area (Å²) >= 11 is 0. The molecule has 0 saturated carbocycles. The Hall–Kier alpha value is -1.89. The first-order valence-electron chi connectivity index (χ1n) is 8.91. The molecular weight excluding hydrogens is 306 g/mol. The van der Waals surface area contributed by atoms with Crippen molar-refractivity contribution >= 4 is 11.8 Å². The van der Waals surface area contributed by atoms with Gasteiger partial charge in [0.25, 0.3) is 5.91 Å². The zero-order chi connectivity index (χ0) is 16.9. The molecule has 2 aliphatic heterocycles. The van der Waals surface area contributed by atoms with Crippen molar-refractivity contribution in [1.29, 1.82) is 0 Å². The topological polar surface area (TPSA) is 61.7 Å². The lowest BCUT2D eigenvalue weighted by atomic mass is 10.2. The number of hydrogen-bond acceptors (Lipinski definition) is 4. The summed E-state index contributed by atoms with van der Waals surface area (Å²) in [5.74, 6) is 0.269. The maximum atomic E-state index is 12.5. The highest BCUT2D eigenvalue weighted by Gasteiger charge is 2.25. The summed E-state index contributed by atoms with van der Waals surface area (Å²) < 4.78 is 1.64. The van der Waals surface area contributed by atoms with E-state index in [0.717, 1.165) is 39.0 Å². The molecule has 0 atom stereocenters. The van der Waals surface area contributed by atoms with Crippen LogP contribution in [0.15, 0.2) is 12.4 Å². The lowest BCUT2D eigenvalue weighted by Crippen LogP contribution is -2.51. The molecule has 0 spiro atoms. The fourth-order valence-corrected chi connectivity index (χ4v) is 3.43. The van der Waals surface area contributed by atoms with Gasteiger partial charge < -0.3 is 9.80 Å². The van der Waals surface area contributed by atoms with Crippen LogP contribution in [0.2, 0.25) is 0 Å². The Labute approximate surface area is 143 Å². The Morgan fingerprint density at radius 1 is 0.958 bits per heavy atom. The fourth-order valence-electron chi connectivity index (χ4n) is 3.43. The smallest absolute Gasteiger partial charge is 0.257 e. The van der Waals surface area contributed by atoms with E-state index in [1.54, 1.807) is 17.1 Å². The molecule has 132 valence electrons. The number of hydrogen-bond donors (Lipinski definition) is 0. The number of rotatable bonds is 3. The average molecular weight is 333 g/mol. The van der Waals surface area contributed by atoms with E-state index in [1.807, 2.05) is 16.8 Å². The molecule has 3 rings (SSSR count). The van der Waals surface area contributed by atoms with E-state index in [2.05, 4.69) is 10.00 Å². The Balaban J connectivity index is 1.46. The molecule has 1 aromatic heterocycles. The Bertz CT molecular complexity index is 569. The largest absolute Gasteiger partial charge is 0.342 e. The van der Waals surface area contributed by atoms with Gasteiger partial charge in [0.05, 0.1) is 18.3 Å². The molecule has 2 amide bonds. The standard InChI is InChI=1S/C17H27N5O2/c1-19-13-15(12-18-19)17(24)22-10-8-20(9-11-22)14-16(23)21-6-4-2-3-5-7-21/h12-13H,2-11,14H2,1H3. The highest BCUT2D eigenvalue weighted by atomic mass is 16.2. The second kappa shape index (κ2) is 7.79. The van der Waals surface area contributed by atoms with Gasteiger partial charge in [0.1, 0.15) is 0 Å². The lowest BCUT2D eigenvalue weighted by Gasteiger charge is -2.35. The SMILES string of the molecule is Cn1cc(C(=O)N2CCN(CC(=O)N3CCCCCC3)CC2)cn1. The van der Waals surface area contributed by atoms with Crippen molar-refractivity contribution in [3.63, 3.8) is 0 Å². The molecule has 7 heteroatoms. The van der Waals surface area contributed by atoms with E-state index in [1.165, 1.54) is 12.8 Å². The molecule has 2 aliphatic rings. The second-order valence-corrected chi connectivity index (χ2v) is 6.77. The molecule has 0 N–H and O–H groups in total. The predicted octanol–water partition coefficient (Wildman–Crippen LogP) is 0.581. The summed E-state index contributed by atoms with van der Waals surface area (Å²) in [6.45, 7) is 5.13. The van der Waals surface area contributed by atoms with Gasteiger partial charge >= 0.3 is 0 Å². The molecule has 3 heterocycles. The second-order valence-electron chi connectivity index (χ2n) is 6.77. The van der Waals surface area contributed by atoms with Gasteiger partial charge in [0.15, 0.2) is 0 Å². The number of aromatic nitrogens is 2. The number of aryl methyl sites for hydroxylation is 1. The molecule has 7 nitrogen and oxygen atoms in total. The highest BCUT2D eigenvalue weighted by Crippen LogP contribution is 2.12. The van der Waals surface area contributed by atoms with E-state index in [4.69, 9.17) is 0 Å². The van der Waals surface area contributed by atoms with E-state index >= 15 is 0 Å². The van der Waals surface area contributed by atoms with Crippen LogP contribution in [0.1, 0.15) is 36.0 Å². The van der Waals surface area contributed by atoms with E-state index < -0.39 is 0 Å². The average Bonchev–Trinajstić information content (AvgIpc) is 2.85. The minimum absolute atomic E-state index is 0.0293. The van der Waals surface area contributed by atoms with Crippen LogP contribution in [0.4, 0.5) is 0 Å². The van der Waals surface area contributed by atoms with Crippen LogP contribution >= 0.6 is 0 Å². The quantitative estimate of drug-likeness (QED) is 0.812. The van der Waals surface area contributed by atoms with Crippen molar-refractivity contribution in [2.75, 3.05) is 45.8 Å². The molecule has 0 unspecified atom stereocenters. The van der Waals surface area contributed by atoms with Gasteiger partial charge in [-0.1, -0.05) is 12.8 Å². The van der Waals surface area contributed by atoms with Crippen molar-refractivity contribution in [1.82, 2.24) is 24.5 Å². The minimum atomic E-state index is 0.0293. The summed E-state index contributed by atoms with van der Waals surface area (Å²) in [5.41, 5.74) is 0.631. The molecule has 24 heavy (non-hydrogen) atoms. The van der Waals surface area contributed by atoms with Gasteiger partial charge in [-0.25, -0.2) is 0 Å². The first-order chi connectivity index (χ1) is 11.6. The van der Waals surface area contributed by atoms with Gasteiger partial charge in [-0.05, 0) is 12.8 Å². The molecule has 0 radical (unpaired) electrons. The summed E-state index contributed by atoms with van der Waals surface area (Å²) in [5, 5.41) is 4.05. The third-order valence-electron chi connectivity index (χ3n) is 4.93. The van der Waals surface area contributed by atoms with Gasteiger partial charge in [-0.2, -0.15) is 5.10 Å². The van der Waals surface area contributed by atoms with Crippen molar-refractivity contribution in [3.05, 3.63) is 18.0 Å². The number of piperazine rings is 1. The summed E-state index contributed by atoms with van der Waals surface area (Å²) in [4.78, 5) is 30.9. The number of likely N-dealkylation sites (tertiary alicyclic amines) is 1. The Kier molecular flexibility index (Phi) is 5.50. The molecule has 0 aromatic carbocycles. The van der Waals surface area contributed by atoms with Crippen LogP contribution in [0.5, 0.6) is 0 Å². The van der Waals surface area contributed by atoms with Gasteiger partial charge in [-0.3, -0.25) is 19.2 Å². The van der Waals surface area contributed by atoms with Crippen molar-refractivity contribution in [2.45, 2.75) is 25.7 Å². The maximum absolute atomic E-state index is 12.5. The van der Waals surface area contributed by atoms with Crippen molar-refractivity contribution in [2.24, 2.45) is 7.05 Å².